The molecule has 1 rings (SSSR count). The lowest BCUT2D eigenvalue weighted by molar-refractivity contribution is 0.560. The Balaban J connectivity index is 2.53. The molecule has 3 nitrogen and oxygen atoms in total. The predicted molar refractivity (Wildman–Crippen MR) is 72.5 cm³/mol. The van der Waals surface area contributed by atoms with Gasteiger partial charge in [0.25, 0.3) is 0 Å². The van der Waals surface area contributed by atoms with Crippen LogP contribution < -0.4 is 5.32 Å². The van der Waals surface area contributed by atoms with Crippen molar-refractivity contribution in [2.45, 2.75) is 19.5 Å². The third-order valence-corrected chi connectivity index (χ3v) is 4.04. The molecule has 0 heterocycles. The zero-order valence-corrected chi connectivity index (χ0v) is 12.0. The number of sulfone groups is 1. The summed E-state index contributed by atoms with van der Waals surface area (Å²) >= 11 is 11.7. The number of nitrogens with one attached hydrogen (secondary N) is 1. The summed E-state index contributed by atoms with van der Waals surface area (Å²) in [6.45, 7) is 2.39. The van der Waals surface area contributed by atoms with Crippen molar-refractivity contribution in [3.8, 4) is 0 Å². The van der Waals surface area contributed by atoms with Gasteiger partial charge >= 0.3 is 0 Å². The van der Waals surface area contributed by atoms with Crippen LogP contribution in [0.4, 0.5) is 0 Å². The van der Waals surface area contributed by atoms with Crippen LogP contribution in [0.2, 0.25) is 10.0 Å². The SMILES string of the molecule is CC(CS(C)(=O)=O)NCc1ccc(Cl)c(Cl)c1. The van der Waals surface area contributed by atoms with E-state index in [4.69, 9.17) is 23.2 Å². The second-order valence-corrected chi connectivity index (χ2v) is 7.12. The predicted octanol–water partition coefficient (Wildman–Crippen LogP) is 2.52. The molecule has 0 fully saturated rings. The van der Waals surface area contributed by atoms with E-state index in [0.29, 0.717) is 16.6 Å². The van der Waals surface area contributed by atoms with Gasteiger partial charge in [0.15, 0.2) is 0 Å². The Morgan fingerprint density at radius 1 is 1.29 bits per heavy atom. The van der Waals surface area contributed by atoms with Crippen LogP contribution in [0.15, 0.2) is 18.2 Å². The first-order valence-corrected chi connectivity index (χ1v) is 7.94. The van der Waals surface area contributed by atoms with Crippen molar-refractivity contribution in [1.82, 2.24) is 5.32 Å². The molecule has 0 aliphatic carbocycles. The summed E-state index contributed by atoms with van der Waals surface area (Å²) in [5, 5.41) is 4.14. The van der Waals surface area contributed by atoms with Crippen LogP contribution in [0.5, 0.6) is 0 Å². The average Bonchev–Trinajstić information content (AvgIpc) is 2.17. The highest BCUT2D eigenvalue weighted by Gasteiger charge is 2.09. The smallest absolute Gasteiger partial charge is 0.148 e. The van der Waals surface area contributed by atoms with Crippen LogP contribution in [0, 0.1) is 0 Å². The molecular formula is C11H15Cl2NO2S. The second-order valence-electron chi connectivity index (χ2n) is 4.12. The molecule has 1 atom stereocenters. The van der Waals surface area contributed by atoms with Gasteiger partial charge in [-0.3, -0.25) is 0 Å². The molecule has 0 amide bonds. The monoisotopic (exact) mass is 295 g/mol. The maximum atomic E-state index is 11.1. The van der Waals surface area contributed by atoms with Crippen molar-refractivity contribution in [2.75, 3.05) is 12.0 Å². The van der Waals surface area contributed by atoms with Crippen molar-refractivity contribution >= 4 is 33.0 Å². The number of hydrogen-bond donors (Lipinski definition) is 1. The summed E-state index contributed by atoms with van der Waals surface area (Å²) < 4.78 is 22.1. The minimum absolute atomic E-state index is 0.0977. The zero-order valence-electron chi connectivity index (χ0n) is 9.70. The van der Waals surface area contributed by atoms with Gasteiger partial charge in [0, 0.05) is 18.8 Å². The van der Waals surface area contributed by atoms with Crippen LogP contribution in [-0.4, -0.2) is 26.5 Å². The lowest BCUT2D eigenvalue weighted by atomic mass is 10.2. The van der Waals surface area contributed by atoms with E-state index >= 15 is 0 Å². The highest BCUT2D eigenvalue weighted by molar-refractivity contribution is 7.90. The fourth-order valence-electron chi connectivity index (χ4n) is 1.45. The first-order chi connectivity index (χ1) is 7.78. The van der Waals surface area contributed by atoms with Crippen molar-refractivity contribution in [3.63, 3.8) is 0 Å². The lowest BCUT2D eigenvalue weighted by Gasteiger charge is -2.12. The number of rotatable bonds is 5. The summed E-state index contributed by atoms with van der Waals surface area (Å²) in [6.07, 6.45) is 1.23. The van der Waals surface area contributed by atoms with E-state index in [9.17, 15) is 8.42 Å². The van der Waals surface area contributed by atoms with Crippen molar-refractivity contribution in [2.24, 2.45) is 0 Å². The van der Waals surface area contributed by atoms with Crippen LogP contribution in [0.3, 0.4) is 0 Å². The fourth-order valence-corrected chi connectivity index (χ4v) is 2.80. The molecule has 0 radical (unpaired) electrons. The van der Waals surface area contributed by atoms with Gasteiger partial charge in [-0.1, -0.05) is 29.3 Å². The summed E-state index contributed by atoms with van der Waals surface area (Å²) in [5.74, 6) is 0.119. The Morgan fingerprint density at radius 3 is 2.47 bits per heavy atom. The topological polar surface area (TPSA) is 46.2 Å². The van der Waals surface area contributed by atoms with Crippen LogP contribution in [0.1, 0.15) is 12.5 Å². The number of halogens is 2. The lowest BCUT2D eigenvalue weighted by Crippen LogP contribution is -2.32. The van der Waals surface area contributed by atoms with Crippen LogP contribution >= 0.6 is 23.2 Å². The Hall–Kier alpha value is -0.290. The Labute approximate surface area is 112 Å². The molecule has 0 bridgehead atoms. The van der Waals surface area contributed by atoms with E-state index in [-0.39, 0.29) is 11.8 Å². The summed E-state index contributed by atoms with van der Waals surface area (Å²) in [4.78, 5) is 0. The van der Waals surface area contributed by atoms with Crippen LogP contribution in [-0.2, 0) is 16.4 Å². The van der Waals surface area contributed by atoms with Crippen molar-refractivity contribution in [3.05, 3.63) is 33.8 Å². The molecule has 0 aliphatic heterocycles. The molecule has 0 aliphatic rings. The molecule has 0 spiro atoms. The summed E-state index contributed by atoms with van der Waals surface area (Å²) in [5.41, 5.74) is 0.972. The van der Waals surface area contributed by atoms with E-state index in [1.807, 2.05) is 13.0 Å². The molecule has 17 heavy (non-hydrogen) atoms. The number of hydrogen-bond acceptors (Lipinski definition) is 3. The average molecular weight is 296 g/mol. The molecule has 1 N–H and O–H groups in total. The Bertz CT molecular complexity index is 488. The molecule has 0 aromatic heterocycles. The van der Waals surface area contributed by atoms with Gasteiger partial charge in [0.05, 0.1) is 15.8 Å². The minimum Gasteiger partial charge on any atom is -0.309 e. The van der Waals surface area contributed by atoms with E-state index < -0.39 is 9.84 Å². The molecule has 96 valence electrons. The first kappa shape index (κ1) is 14.8. The quantitative estimate of drug-likeness (QED) is 0.908. The standard InChI is InChI=1S/C11H15Cl2NO2S/c1-8(7-17(2,15)16)14-6-9-3-4-10(12)11(13)5-9/h3-5,8,14H,6-7H2,1-2H3. The van der Waals surface area contributed by atoms with Crippen molar-refractivity contribution in [1.29, 1.82) is 0 Å². The summed E-state index contributed by atoms with van der Waals surface area (Å²) in [6, 6.07) is 5.25. The van der Waals surface area contributed by atoms with Crippen molar-refractivity contribution < 1.29 is 8.42 Å². The minimum atomic E-state index is -2.95. The van der Waals surface area contributed by atoms with Crippen LogP contribution in [0.25, 0.3) is 0 Å². The third-order valence-electron chi connectivity index (χ3n) is 2.19. The second kappa shape index (κ2) is 6.05. The Morgan fingerprint density at radius 2 is 1.94 bits per heavy atom. The molecule has 1 aromatic rings. The van der Waals surface area contributed by atoms with E-state index in [2.05, 4.69) is 5.32 Å². The van der Waals surface area contributed by atoms with Gasteiger partial charge in [-0.25, -0.2) is 8.42 Å². The van der Waals surface area contributed by atoms with Gasteiger partial charge < -0.3 is 5.32 Å². The van der Waals surface area contributed by atoms with E-state index in [1.54, 1.807) is 12.1 Å². The first-order valence-electron chi connectivity index (χ1n) is 5.13. The normalized spacial score (nSPS) is 13.6. The molecular weight excluding hydrogens is 281 g/mol. The van der Waals surface area contributed by atoms with Gasteiger partial charge in [0.2, 0.25) is 0 Å². The van der Waals surface area contributed by atoms with Gasteiger partial charge in [0.1, 0.15) is 9.84 Å². The van der Waals surface area contributed by atoms with Gasteiger partial charge in [-0.05, 0) is 24.6 Å². The maximum Gasteiger partial charge on any atom is 0.148 e. The molecule has 0 saturated heterocycles. The molecule has 1 aromatic carbocycles. The van der Waals surface area contributed by atoms with E-state index in [0.717, 1.165) is 5.56 Å². The fraction of sp³-hybridized carbons (Fsp3) is 0.455. The summed E-state index contributed by atoms with van der Waals surface area (Å²) in [7, 11) is -2.95. The molecule has 6 heteroatoms. The third kappa shape index (κ3) is 5.73. The largest absolute Gasteiger partial charge is 0.309 e. The molecule has 1 unspecified atom stereocenters. The van der Waals surface area contributed by atoms with Gasteiger partial charge in [-0.2, -0.15) is 0 Å². The highest BCUT2D eigenvalue weighted by atomic mass is 35.5. The van der Waals surface area contributed by atoms with Gasteiger partial charge in [-0.15, -0.1) is 0 Å². The number of benzene rings is 1. The highest BCUT2D eigenvalue weighted by Crippen LogP contribution is 2.22. The maximum absolute atomic E-state index is 11.1. The Kier molecular flexibility index (Phi) is 5.25. The van der Waals surface area contributed by atoms with E-state index in [1.165, 1.54) is 6.26 Å². The molecule has 0 saturated carbocycles. The zero-order chi connectivity index (χ0) is 13.1.